The minimum atomic E-state index is 0.536. The van der Waals surface area contributed by atoms with Crippen LogP contribution in [0.25, 0.3) is 10.8 Å². The van der Waals surface area contributed by atoms with E-state index in [9.17, 15) is 0 Å². The summed E-state index contributed by atoms with van der Waals surface area (Å²) < 4.78 is 7.42. The highest BCUT2D eigenvalue weighted by molar-refractivity contribution is 7.98. The molecule has 7 nitrogen and oxygen atoms in total. The lowest BCUT2D eigenvalue weighted by Gasteiger charge is -2.23. The van der Waals surface area contributed by atoms with Crippen molar-refractivity contribution in [1.29, 1.82) is 0 Å². The Kier molecular flexibility index (Phi) is 3.90. The minimum absolute atomic E-state index is 0.536. The fraction of sp³-hybridized carbons (Fsp3) is 0.500. The number of nitrogens with zero attached hydrogens (tertiary/aromatic N) is 6. The molecule has 0 aromatic carbocycles. The van der Waals surface area contributed by atoms with Crippen LogP contribution in [0.3, 0.4) is 0 Å². The molecule has 9 heteroatoms. The number of hydrogen-bond acceptors (Lipinski definition) is 8. The Hall–Kier alpha value is -1.74. The maximum atomic E-state index is 5.33. The summed E-state index contributed by atoms with van der Waals surface area (Å²) in [5.74, 6) is 3.47. The molecule has 3 aromatic heterocycles. The van der Waals surface area contributed by atoms with Gasteiger partial charge in [0.2, 0.25) is 0 Å². The molecule has 0 aliphatic heterocycles. The standard InChI is InChI=1S/C14H16N6OS2/c1-8-11(23-7-15-8)13-16-10(19-21-13)6-22-14-18-17-12(20(14)2)9-4-3-5-9/h7,9H,3-6H2,1-2H3. The van der Waals surface area contributed by atoms with E-state index in [0.717, 1.165) is 21.6 Å². The van der Waals surface area contributed by atoms with Crippen LogP contribution in [0, 0.1) is 6.92 Å². The van der Waals surface area contributed by atoms with Crippen molar-refractivity contribution < 1.29 is 4.52 Å². The smallest absolute Gasteiger partial charge is 0.269 e. The molecular formula is C14H16N6OS2. The first-order valence-electron chi connectivity index (χ1n) is 7.47. The molecular weight excluding hydrogens is 332 g/mol. The second kappa shape index (κ2) is 6.04. The maximum absolute atomic E-state index is 5.33. The Labute approximate surface area is 141 Å². The zero-order chi connectivity index (χ0) is 15.8. The Balaban J connectivity index is 1.44. The highest BCUT2D eigenvalue weighted by Crippen LogP contribution is 2.36. The van der Waals surface area contributed by atoms with E-state index in [1.54, 1.807) is 17.3 Å². The number of thioether (sulfide) groups is 1. The lowest BCUT2D eigenvalue weighted by molar-refractivity contribution is 0.390. The van der Waals surface area contributed by atoms with Crippen LogP contribution >= 0.6 is 23.1 Å². The van der Waals surface area contributed by atoms with E-state index in [1.165, 1.54) is 30.6 Å². The number of thiazole rings is 1. The van der Waals surface area contributed by atoms with E-state index in [-0.39, 0.29) is 0 Å². The van der Waals surface area contributed by atoms with Gasteiger partial charge in [0.15, 0.2) is 11.0 Å². The lowest BCUT2D eigenvalue weighted by Crippen LogP contribution is -2.14. The third-order valence-electron chi connectivity index (χ3n) is 4.08. The Morgan fingerprint density at radius 1 is 1.39 bits per heavy atom. The third kappa shape index (κ3) is 2.78. The van der Waals surface area contributed by atoms with Crippen molar-refractivity contribution in [3.8, 4) is 10.8 Å². The van der Waals surface area contributed by atoms with Crippen LogP contribution in [-0.2, 0) is 12.8 Å². The highest BCUT2D eigenvalue weighted by Gasteiger charge is 2.25. The van der Waals surface area contributed by atoms with Crippen LogP contribution in [0.4, 0.5) is 0 Å². The molecule has 0 unspecified atom stereocenters. The summed E-state index contributed by atoms with van der Waals surface area (Å²) in [7, 11) is 2.03. The summed E-state index contributed by atoms with van der Waals surface area (Å²) in [4.78, 5) is 9.58. The Morgan fingerprint density at radius 3 is 2.96 bits per heavy atom. The summed E-state index contributed by atoms with van der Waals surface area (Å²) in [6.45, 7) is 1.94. The van der Waals surface area contributed by atoms with Crippen LogP contribution in [-0.4, -0.2) is 29.9 Å². The first-order valence-corrected chi connectivity index (χ1v) is 9.34. The molecule has 0 radical (unpaired) electrons. The minimum Gasteiger partial charge on any atom is -0.333 e. The lowest BCUT2D eigenvalue weighted by atomic mass is 9.85. The first kappa shape index (κ1) is 14.8. The molecule has 1 saturated carbocycles. The van der Waals surface area contributed by atoms with E-state index >= 15 is 0 Å². The van der Waals surface area contributed by atoms with Gasteiger partial charge in [-0.05, 0) is 19.8 Å². The zero-order valence-corrected chi connectivity index (χ0v) is 14.5. The maximum Gasteiger partial charge on any atom is 0.269 e. The van der Waals surface area contributed by atoms with Crippen LogP contribution in [0.15, 0.2) is 15.2 Å². The summed E-state index contributed by atoms with van der Waals surface area (Å²) >= 11 is 3.09. The summed E-state index contributed by atoms with van der Waals surface area (Å²) in [5.41, 5.74) is 2.70. The predicted molar refractivity (Wildman–Crippen MR) is 87.3 cm³/mol. The van der Waals surface area contributed by atoms with E-state index in [0.29, 0.717) is 23.4 Å². The monoisotopic (exact) mass is 348 g/mol. The summed E-state index contributed by atoms with van der Waals surface area (Å²) in [6.07, 6.45) is 3.74. The number of aryl methyl sites for hydroxylation is 1. The van der Waals surface area contributed by atoms with Gasteiger partial charge in [0.1, 0.15) is 10.7 Å². The van der Waals surface area contributed by atoms with Crippen molar-refractivity contribution in [3.05, 3.63) is 22.9 Å². The molecule has 0 saturated heterocycles. The summed E-state index contributed by atoms with van der Waals surface area (Å²) in [5, 5.41) is 13.6. The molecule has 0 spiro atoms. The molecule has 1 aliphatic rings. The SMILES string of the molecule is Cc1ncsc1-c1nc(CSc2nnc(C3CCC3)n2C)no1. The van der Waals surface area contributed by atoms with Crippen LogP contribution < -0.4 is 0 Å². The molecule has 1 fully saturated rings. The van der Waals surface area contributed by atoms with Crippen molar-refractivity contribution in [3.63, 3.8) is 0 Å². The van der Waals surface area contributed by atoms with Crippen LogP contribution in [0.5, 0.6) is 0 Å². The molecule has 0 amide bonds. The predicted octanol–water partition coefficient (Wildman–Crippen LogP) is 3.19. The van der Waals surface area contributed by atoms with Gasteiger partial charge in [-0.25, -0.2) is 4.98 Å². The first-order chi connectivity index (χ1) is 11.2. The quantitative estimate of drug-likeness (QED) is 0.655. The van der Waals surface area contributed by atoms with Gasteiger partial charge in [-0.15, -0.1) is 21.5 Å². The average Bonchev–Trinajstić information content (AvgIpc) is 3.18. The normalized spacial score (nSPS) is 15.0. The molecule has 0 atom stereocenters. The van der Waals surface area contributed by atoms with Gasteiger partial charge in [0.05, 0.1) is 17.0 Å². The Bertz CT molecular complexity index is 819. The second-order valence-corrected chi connectivity index (χ2v) is 7.40. The second-order valence-electron chi connectivity index (χ2n) is 5.60. The molecule has 0 N–H and O–H groups in total. The molecule has 1 aliphatic carbocycles. The fourth-order valence-corrected chi connectivity index (χ4v) is 4.00. The third-order valence-corrected chi connectivity index (χ3v) is 6.01. The number of rotatable bonds is 5. The highest BCUT2D eigenvalue weighted by atomic mass is 32.2. The van der Waals surface area contributed by atoms with E-state index < -0.39 is 0 Å². The number of aromatic nitrogens is 6. The van der Waals surface area contributed by atoms with E-state index in [4.69, 9.17) is 4.52 Å². The summed E-state index contributed by atoms with van der Waals surface area (Å²) in [6, 6.07) is 0. The van der Waals surface area contributed by atoms with Gasteiger partial charge in [0.25, 0.3) is 5.89 Å². The average molecular weight is 348 g/mol. The molecule has 23 heavy (non-hydrogen) atoms. The van der Waals surface area contributed by atoms with Gasteiger partial charge in [-0.1, -0.05) is 23.3 Å². The van der Waals surface area contributed by atoms with Crippen molar-refractivity contribution in [2.24, 2.45) is 7.05 Å². The van der Waals surface area contributed by atoms with Crippen LogP contribution in [0.2, 0.25) is 0 Å². The van der Waals surface area contributed by atoms with Crippen molar-refractivity contribution in [2.75, 3.05) is 0 Å². The van der Waals surface area contributed by atoms with Gasteiger partial charge < -0.3 is 9.09 Å². The largest absolute Gasteiger partial charge is 0.333 e. The van der Waals surface area contributed by atoms with Gasteiger partial charge in [-0.2, -0.15) is 4.98 Å². The van der Waals surface area contributed by atoms with Gasteiger partial charge in [-0.3, -0.25) is 0 Å². The van der Waals surface area contributed by atoms with Crippen molar-refractivity contribution in [1.82, 2.24) is 29.9 Å². The molecule has 3 heterocycles. The Morgan fingerprint density at radius 2 is 2.26 bits per heavy atom. The number of hydrogen-bond donors (Lipinski definition) is 0. The van der Waals surface area contributed by atoms with Gasteiger partial charge >= 0.3 is 0 Å². The van der Waals surface area contributed by atoms with Crippen molar-refractivity contribution in [2.45, 2.75) is 43.0 Å². The molecule has 3 aromatic rings. The fourth-order valence-electron chi connectivity index (χ4n) is 2.51. The molecule has 4 rings (SSSR count). The van der Waals surface area contributed by atoms with Crippen molar-refractivity contribution >= 4 is 23.1 Å². The van der Waals surface area contributed by atoms with Gasteiger partial charge in [0, 0.05) is 13.0 Å². The molecule has 120 valence electrons. The topological polar surface area (TPSA) is 82.5 Å². The van der Waals surface area contributed by atoms with E-state index in [1.807, 2.05) is 14.0 Å². The van der Waals surface area contributed by atoms with E-state index in [2.05, 4.69) is 29.9 Å². The zero-order valence-electron chi connectivity index (χ0n) is 12.9. The van der Waals surface area contributed by atoms with Crippen LogP contribution in [0.1, 0.15) is 42.5 Å². The molecule has 0 bridgehead atoms.